The second-order valence-electron chi connectivity index (χ2n) is 4.14. The third kappa shape index (κ3) is 2.13. The fraction of sp³-hybridized carbons (Fsp3) is 0.300. The van der Waals surface area contributed by atoms with Gasteiger partial charge in [0.2, 0.25) is 5.82 Å². The fourth-order valence-corrected chi connectivity index (χ4v) is 1.83. The van der Waals surface area contributed by atoms with Gasteiger partial charge in [-0.15, -0.1) is 0 Å². The zero-order chi connectivity index (χ0) is 15.6. The zero-order valence-corrected chi connectivity index (χ0v) is 10.3. The lowest BCUT2D eigenvalue weighted by atomic mass is 10.2. The predicted octanol–water partition coefficient (Wildman–Crippen LogP) is 3.81. The summed E-state index contributed by atoms with van der Waals surface area (Å²) >= 11 is 4.85. The maximum Gasteiger partial charge on any atom is 0.488 e. The number of hydrogen-bond donors (Lipinski definition) is 1. The molecule has 1 aliphatic heterocycles. The van der Waals surface area contributed by atoms with Gasteiger partial charge >= 0.3 is 17.6 Å². The topological polar surface area (TPSA) is 47.1 Å². The van der Waals surface area contributed by atoms with Crippen LogP contribution in [0, 0.1) is 0 Å². The third-order valence-electron chi connectivity index (χ3n) is 2.63. The van der Waals surface area contributed by atoms with E-state index in [2.05, 4.69) is 14.5 Å². The van der Waals surface area contributed by atoms with E-state index in [1.807, 2.05) is 4.98 Å². The molecule has 0 amide bonds. The van der Waals surface area contributed by atoms with Crippen molar-refractivity contribution in [3.63, 3.8) is 0 Å². The Hall–Kier alpha value is -1.84. The van der Waals surface area contributed by atoms with Crippen molar-refractivity contribution in [3.05, 3.63) is 18.0 Å². The third-order valence-corrected chi connectivity index (χ3v) is 2.93. The highest BCUT2D eigenvalue weighted by Gasteiger charge is 2.63. The molecule has 1 aliphatic rings. The van der Waals surface area contributed by atoms with Gasteiger partial charge in [0.15, 0.2) is 11.5 Å². The van der Waals surface area contributed by atoms with Gasteiger partial charge in [-0.2, -0.15) is 26.3 Å². The van der Waals surface area contributed by atoms with E-state index < -0.39 is 34.9 Å². The second-order valence-corrected chi connectivity index (χ2v) is 4.62. The fourth-order valence-electron chi connectivity index (χ4n) is 1.71. The summed E-state index contributed by atoms with van der Waals surface area (Å²) in [5, 5.41) is -3.98. The first-order valence-electron chi connectivity index (χ1n) is 5.24. The number of benzene rings is 1. The van der Waals surface area contributed by atoms with Crippen LogP contribution in [0.4, 0.5) is 26.3 Å². The van der Waals surface area contributed by atoms with Gasteiger partial charge in [0.25, 0.3) is 0 Å². The van der Waals surface area contributed by atoms with Crippen molar-refractivity contribution >= 4 is 22.6 Å². The van der Waals surface area contributed by atoms with Crippen LogP contribution >= 0.6 is 11.6 Å². The van der Waals surface area contributed by atoms with Gasteiger partial charge in [-0.05, 0) is 11.6 Å². The van der Waals surface area contributed by atoms with E-state index in [-0.39, 0.29) is 11.0 Å². The van der Waals surface area contributed by atoms with Gasteiger partial charge in [0, 0.05) is 12.1 Å². The number of hydrogen-bond acceptors (Lipinski definition) is 3. The summed E-state index contributed by atoms with van der Waals surface area (Å²) in [6, 6.07) is 1.59. The highest BCUT2D eigenvalue weighted by molar-refractivity contribution is 6.22. The second kappa shape index (κ2) is 3.87. The standard InChI is InChI=1S/C10H3ClF6N2O2/c11-9(15)10(16,17)21-6-2-4-3(1-5(6)20-9)18-7(19-4)8(12,13)14/h1-2H,(H,18,19). The molecule has 0 fully saturated rings. The van der Waals surface area contributed by atoms with Gasteiger partial charge in [0.1, 0.15) is 0 Å². The molecular formula is C10H3ClF6N2O2. The number of imidazole rings is 1. The summed E-state index contributed by atoms with van der Waals surface area (Å²) in [5.41, 5.74) is -0.510. The highest BCUT2D eigenvalue weighted by Crippen LogP contribution is 2.49. The van der Waals surface area contributed by atoms with Crippen LogP contribution in [0.1, 0.15) is 5.82 Å². The minimum atomic E-state index is -4.76. The minimum Gasteiger partial charge on any atom is -0.434 e. The van der Waals surface area contributed by atoms with Gasteiger partial charge in [0.05, 0.1) is 11.0 Å². The maximum atomic E-state index is 13.4. The van der Waals surface area contributed by atoms with Gasteiger partial charge in [-0.1, -0.05) is 0 Å². The Labute approximate surface area is 116 Å². The normalized spacial score (nSPS) is 24.3. The quantitative estimate of drug-likeness (QED) is 0.589. The number of aromatic nitrogens is 2. The van der Waals surface area contributed by atoms with Crippen molar-refractivity contribution in [3.8, 4) is 11.5 Å². The lowest BCUT2D eigenvalue weighted by Crippen LogP contribution is -2.51. The van der Waals surface area contributed by atoms with Crippen molar-refractivity contribution in [1.29, 1.82) is 0 Å². The minimum absolute atomic E-state index is 0.235. The lowest BCUT2D eigenvalue weighted by Gasteiger charge is -2.33. The number of rotatable bonds is 0. The Morgan fingerprint density at radius 3 is 2.33 bits per heavy atom. The average Bonchev–Trinajstić information content (AvgIpc) is 2.69. The van der Waals surface area contributed by atoms with E-state index in [0.29, 0.717) is 0 Å². The maximum absolute atomic E-state index is 13.4. The van der Waals surface area contributed by atoms with Crippen LogP contribution in [0.3, 0.4) is 0 Å². The van der Waals surface area contributed by atoms with Crippen LogP contribution in [0.2, 0.25) is 0 Å². The summed E-state index contributed by atoms with van der Waals surface area (Å²) in [5.74, 6) is -2.60. The molecule has 0 saturated carbocycles. The van der Waals surface area contributed by atoms with E-state index in [4.69, 9.17) is 11.6 Å². The number of fused-ring (bicyclic) bond motifs is 2. The Balaban J connectivity index is 2.14. The first kappa shape index (κ1) is 14.1. The van der Waals surface area contributed by atoms with Crippen molar-refractivity contribution < 1.29 is 35.8 Å². The molecule has 0 radical (unpaired) electrons. The van der Waals surface area contributed by atoms with Gasteiger partial charge in [-0.25, -0.2) is 4.98 Å². The molecule has 2 heterocycles. The SMILES string of the molecule is FC(F)(F)c1nc2cc3c(cc2[nH]1)OC(F)(F)C(F)(Cl)O3. The molecule has 11 heteroatoms. The lowest BCUT2D eigenvalue weighted by molar-refractivity contribution is -0.303. The van der Waals surface area contributed by atoms with Crippen LogP contribution in [0.5, 0.6) is 11.5 Å². The van der Waals surface area contributed by atoms with Crippen molar-refractivity contribution in [1.82, 2.24) is 9.97 Å². The van der Waals surface area contributed by atoms with Crippen molar-refractivity contribution in [2.45, 2.75) is 17.6 Å². The van der Waals surface area contributed by atoms with Gasteiger partial charge in [-0.3, -0.25) is 0 Å². The Bertz CT molecular complexity index is 673. The number of halogens is 7. The number of alkyl halides is 7. The summed E-state index contributed by atoms with van der Waals surface area (Å²) < 4.78 is 85.5. The molecule has 1 unspecified atom stereocenters. The summed E-state index contributed by atoms with van der Waals surface area (Å²) in [4.78, 5) is 5.10. The molecule has 3 rings (SSSR count). The van der Waals surface area contributed by atoms with E-state index in [9.17, 15) is 26.3 Å². The largest absolute Gasteiger partial charge is 0.488 e. The molecule has 114 valence electrons. The Morgan fingerprint density at radius 1 is 1.10 bits per heavy atom. The van der Waals surface area contributed by atoms with E-state index >= 15 is 0 Å². The first-order chi connectivity index (χ1) is 9.49. The number of nitrogens with zero attached hydrogens (tertiary/aromatic N) is 1. The highest BCUT2D eigenvalue weighted by atomic mass is 35.5. The summed E-state index contributed by atoms with van der Waals surface area (Å²) in [7, 11) is 0. The molecule has 2 aromatic rings. The number of aromatic amines is 1. The molecule has 0 spiro atoms. The number of ether oxygens (including phenoxy) is 2. The summed E-state index contributed by atoms with van der Waals surface area (Å²) in [6.07, 6.45) is -9.27. The molecule has 4 nitrogen and oxygen atoms in total. The molecule has 0 saturated heterocycles. The zero-order valence-electron chi connectivity index (χ0n) is 9.56. The molecule has 1 atom stereocenters. The van der Waals surface area contributed by atoms with Crippen LogP contribution in [-0.4, -0.2) is 21.4 Å². The van der Waals surface area contributed by atoms with E-state index in [1.54, 1.807) is 0 Å². The van der Waals surface area contributed by atoms with Crippen LogP contribution in [0.15, 0.2) is 12.1 Å². The van der Waals surface area contributed by atoms with Crippen LogP contribution in [0.25, 0.3) is 11.0 Å². The van der Waals surface area contributed by atoms with Crippen LogP contribution in [-0.2, 0) is 6.18 Å². The molecule has 0 bridgehead atoms. The van der Waals surface area contributed by atoms with Gasteiger partial charge < -0.3 is 14.5 Å². The number of nitrogens with one attached hydrogen (secondary N) is 1. The van der Waals surface area contributed by atoms with Crippen molar-refractivity contribution in [2.75, 3.05) is 0 Å². The first-order valence-corrected chi connectivity index (χ1v) is 5.62. The van der Waals surface area contributed by atoms with E-state index in [1.165, 1.54) is 0 Å². The summed E-state index contributed by atoms with van der Waals surface area (Å²) in [6.45, 7) is 0. The van der Waals surface area contributed by atoms with Crippen molar-refractivity contribution in [2.24, 2.45) is 0 Å². The molecule has 1 aromatic carbocycles. The Morgan fingerprint density at radius 2 is 1.71 bits per heavy atom. The number of H-pyrrole nitrogens is 1. The molecule has 0 aliphatic carbocycles. The monoisotopic (exact) mass is 332 g/mol. The smallest absolute Gasteiger partial charge is 0.434 e. The van der Waals surface area contributed by atoms with Crippen LogP contribution < -0.4 is 9.47 Å². The Kier molecular flexibility index (Phi) is 2.60. The predicted molar refractivity (Wildman–Crippen MR) is 57.0 cm³/mol. The van der Waals surface area contributed by atoms with E-state index in [0.717, 1.165) is 12.1 Å². The molecule has 21 heavy (non-hydrogen) atoms. The molecule has 1 aromatic heterocycles. The molecule has 1 N–H and O–H groups in total. The molecular weight excluding hydrogens is 330 g/mol. The average molecular weight is 333 g/mol.